The minimum Gasteiger partial charge on any atom is -0.493 e. The third-order valence-corrected chi connectivity index (χ3v) is 3.39. The van der Waals surface area contributed by atoms with E-state index in [1.807, 2.05) is 30.3 Å². The Morgan fingerprint density at radius 1 is 1.26 bits per heavy atom. The van der Waals surface area contributed by atoms with Crippen LogP contribution in [0.2, 0.25) is 0 Å². The summed E-state index contributed by atoms with van der Waals surface area (Å²) in [6.45, 7) is 1.14. The van der Waals surface area contributed by atoms with Gasteiger partial charge in [-0.25, -0.2) is 0 Å². The number of carbonyl (C=O) groups excluding carboxylic acids is 1. The van der Waals surface area contributed by atoms with Crippen LogP contribution in [-0.2, 0) is 11.3 Å². The first-order valence-corrected chi connectivity index (χ1v) is 6.89. The van der Waals surface area contributed by atoms with Crippen molar-refractivity contribution >= 4 is 22.9 Å². The SMILES string of the molecule is NC(=O)CCOc1ccc(NCc2cccs2)cc1. The maximum Gasteiger partial charge on any atom is 0.220 e. The predicted molar refractivity (Wildman–Crippen MR) is 77.4 cm³/mol. The van der Waals surface area contributed by atoms with Crippen molar-refractivity contribution in [2.45, 2.75) is 13.0 Å². The zero-order chi connectivity index (χ0) is 13.5. The van der Waals surface area contributed by atoms with Crippen molar-refractivity contribution in [3.8, 4) is 5.75 Å². The molecule has 5 heteroatoms. The van der Waals surface area contributed by atoms with Crippen LogP contribution in [0.4, 0.5) is 5.69 Å². The summed E-state index contributed by atoms with van der Waals surface area (Å²) < 4.78 is 5.40. The summed E-state index contributed by atoms with van der Waals surface area (Å²) >= 11 is 1.73. The van der Waals surface area contributed by atoms with E-state index in [1.165, 1.54) is 4.88 Å². The second-order valence-corrected chi connectivity index (χ2v) is 5.05. The van der Waals surface area contributed by atoms with Crippen LogP contribution in [-0.4, -0.2) is 12.5 Å². The van der Waals surface area contributed by atoms with Gasteiger partial charge in [0.15, 0.2) is 0 Å². The van der Waals surface area contributed by atoms with Crippen molar-refractivity contribution in [3.63, 3.8) is 0 Å². The summed E-state index contributed by atoms with van der Waals surface area (Å²) in [5.41, 5.74) is 6.08. The fraction of sp³-hybridized carbons (Fsp3) is 0.214. The first-order chi connectivity index (χ1) is 9.24. The molecule has 3 N–H and O–H groups in total. The highest BCUT2D eigenvalue weighted by Crippen LogP contribution is 2.17. The van der Waals surface area contributed by atoms with Crippen LogP contribution in [0.15, 0.2) is 41.8 Å². The van der Waals surface area contributed by atoms with Crippen LogP contribution in [0.5, 0.6) is 5.75 Å². The molecule has 0 aliphatic heterocycles. The Morgan fingerprint density at radius 3 is 2.68 bits per heavy atom. The van der Waals surface area contributed by atoms with Crippen LogP contribution in [0, 0.1) is 0 Å². The minimum absolute atomic E-state index is 0.235. The van der Waals surface area contributed by atoms with Crippen LogP contribution in [0.1, 0.15) is 11.3 Å². The number of anilines is 1. The molecule has 0 fully saturated rings. The molecule has 0 spiro atoms. The molecule has 100 valence electrons. The highest BCUT2D eigenvalue weighted by Gasteiger charge is 1.98. The van der Waals surface area contributed by atoms with E-state index in [0.29, 0.717) is 6.61 Å². The first kappa shape index (κ1) is 13.4. The topological polar surface area (TPSA) is 64.4 Å². The molecule has 0 radical (unpaired) electrons. The van der Waals surface area contributed by atoms with Crippen LogP contribution in [0.25, 0.3) is 0 Å². The monoisotopic (exact) mass is 276 g/mol. The van der Waals surface area contributed by atoms with E-state index in [0.717, 1.165) is 18.0 Å². The highest BCUT2D eigenvalue weighted by atomic mass is 32.1. The summed E-state index contributed by atoms with van der Waals surface area (Å²) in [6.07, 6.45) is 0.235. The summed E-state index contributed by atoms with van der Waals surface area (Å²) in [7, 11) is 0. The zero-order valence-corrected chi connectivity index (χ0v) is 11.3. The van der Waals surface area contributed by atoms with Crippen molar-refractivity contribution in [3.05, 3.63) is 46.7 Å². The molecule has 0 saturated heterocycles. The van der Waals surface area contributed by atoms with Gasteiger partial charge in [-0.15, -0.1) is 11.3 Å². The van der Waals surface area contributed by atoms with Gasteiger partial charge in [0.1, 0.15) is 5.75 Å². The summed E-state index contributed by atoms with van der Waals surface area (Å²) in [5.74, 6) is 0.386. The van der Waals surface area contributed by atoms with Crippen molar-refractivity contribution in [2.24, 2.45) is 5.73 Å². The Labute approximate surface area is 116 Å². The molecule has 19 heavy (non-hydrogen) atoms. The third kappa shape index (κ3) is 4.63. The fourth-order valence-electron chi connectivity index (χ4n) is 1.54. The van der Waals surface area contributed by atoms with E-state index in [-0.39, 0.29) is 12.3 Å². The molecule has 1 heterocycles. The molecule has 0 aliphatic rings. The maximum atomic E-state index is 10.6. The molecule has 0 atom stereocenters. The van der Waals surface area contributed by atoms with E-state index in [9.17, 15) is 4.79 Å². The van der Waals surface area contributed by atoms with Gasteiger partial charge >= 0.3 is 0 Å². The van der Waals surface area contributed by atoms with Gasteiger partial charge in [-0.3, -0.25) is 4.79 Å². The second-order valence-electron chi connectivity index (χ2n) is 4.02. The van der Waals surface area contributed by atoms with Gasteiger partial charge in [0.05, 0.1) is 13.0 Å². The highest BCUT2D eigenvalue weighted by molar-refractivity contribution is 7.09. The van der Waals surface area contributed by atoms with Crippen molar-refractivity contribution < 1.29 is 9.53 Å². The Morgan fingerprint density at radius 2 is 2.05 bits per heavy atom. The first-order valence-electron chi connectivity index (χ1n) is 6.01. The Hall–Kier alpha value is -2.01. The van der Waals surface area contributed by atoms with E-state index < -0.39 is 0 Å². The van der Waals surface area contributed by atoms with Crippen molar-refractivity contribution in [1.29, 1.82) is 0 Å². The van der Waals surface area contributed by atoms with Crippen LogP contribution >= 0.6 is 11.3 Å². The zero-order valence-electron chi connectivity index (χ0n) is 10.5. The molecule has 4 nitrogen and oxygen atoms in total. The van der Waals surface area contributed by atoms with Crippen molar-refractivity contribution in [1.82, 2.24) is 0 Å². The number of amides is 1. The Bertz CT molecular complexity index is 509. The van der Waals surface area contributed by atoms with Gasteiger partial charge in [0, 0.05) is 17.1 Å². The van der Waals surface area contributed by atoms with E-state index in [1.54, 1.807) is 11.3 Å². The molecule has 0 bridgehead atoms. The smallest absolute Gasteiger partial charge is 0.220 e. The minimum atomic E-state index is -0.353. The standard InChI is InChI=1S/C14H16N2O2S/c15-14(17)7-8-18-12-5-3-11(4-6-12)16-10-13-2-1-9-19-13/h1-6,9,16H,7-8,10H2,(H2,15,17). The third-order valence-electron chi connectivity index (χ3n) is 2.52. The van der Waals surface area contributed by atoms with Gasteiger partial charge in [0.2, 0.25) is 5.91 Å². The van der Waals surface area contributed by atoms with Crippen LogP contribution < -0.4 is 15.8 Å². The van der Waals surface area contributed by atoms with E-state index >= 15 is 0 Å². The van der Waals surface area contributed by atoms with Crippen molar-refractivity contribution in [2.75, 3.05) is 11.9 Å². The summed E-state index contributed by atoms with van der Waals surface area (Å²) in [4.78, 5) is 11.9. The average Bonchev–Trinajstić information content (AvgIpc) is 2.90. The number of carbonyl (C=O) groups is 1. The number of ether oxygens (including phenoxy) is 1. The molecule has 2 aromatic rings. The normalized spacial score (nSPS) is 10.1. The van der Waals surface area contributed by atoms with Gasteiger partial charge in [-0.2, -0.15) is 0 Å². The molecular formula is C14H16N2O2S. The number of nitrogens with two attached hydrogens (primary N) is 1. The number of thiophene rings is 1. The second kappa shape index (κ2) is 6.80. The molecule has 1 aromatic heterocycles. The number of rotatable bonds is 7. The lowest BCUT2D eigenvalue weighted by atomic mass is 10.3. The molecule has 1 aromatic carbocycles. The molecule has 1 amide bonds. The van der Waals surface area contributed by atoms with E-state index in [2.05, 4.69) is 16.8 Å². The number of primary amides is 1. The lowest BCUT2D eigenvalue weighted by molar-refractivity contribution is -0.118. The molecule has 2 rings (SSSR count). The number of hydrogen-bond donors (Lipinski definition) is 2. The number of benzene rings is 1. The number of nitrogens with one attached hydrogen (secondary N) is 1. The Kier molecular flexibility index (Phi) is 4.80. The average molecular weight is 276 g/mol. The molecule has 0 aliphatic carbocycles. The van der Waals surface area contributed by atoms with Gasteiger partial charge in [-0.05, 0) is 35.7 Å². The lowest BCUT2D eigenvalue weighted by Crippen LogP contribution is -2.14. The summed E-state index contributed by atoms with van der Waals surface area (Å²) in [5, 5.41) is 5.39. The largest absolute Gasteiger partial charge is 0.493 e. The van der Waals surface area contributed by atoms with E-state index in [4.69, 9.17) is 10.5 Å². The van der Waals surface area contributed by atoms with Gasteiger partial charge in [-0.1, -0.05) is 6.07 Å². The van der Waals surface area contributed by atoms with Crippen LogP contribution in [0.3, 0.4) is 0 Å². The number of hydrogen-bond acceptors (Lipinski definition) is 4. The molecule has 0 unspecified atom stereocenters. The predicted octanol–water partition coefficient (Wildman–Crippen LogP) is 2.61. The summed E-state index contributed by atoms with van der Waals surface area (Å²) in [6, 6.07) is 11.8. The lowest BCUT2D eigenvalue weighted by Gasteiger charge is -2.07. The molecular weight excluding hydrogens is 260 g/mol. The molecule has 0 saturated carbocycles. The van der Waals surface area contributed by atoms with Gasteiger partial charge in [0.25, 0.3) is 0 Å². The fourth-order valence-corrected chi connectivity index (χ4v) is 2.19. The van der Waals surface area contributed by atoms with Gasteiger partial charge < -0.3 is 15.8 Å². The maximum absolute atomic E-state index is 10.6. The Balaban J connectivity index is 1.79. The quantitative estimate of drug-likeness (QED) is 0.817.